The van der Waals surface area contributed by atoms with Crippen molar-refractivity contribution in [2.24, 2.45) is 0 Å². The summed E-state index contributed by atoms with van der Waals surface area (Å²) in [6.45, 7) is 0. The van der Waals surface area contributed by atoms with E-state index in [4.69, 9.17) is 9.47 Å². The summed E-state index contributed by atoms with van der Waals surface area (Å²) in [5.74, 6) is 1.14. The van der Waals surface area contributed by atoms with Crippen molar-refractivity contribution in [3.05, 3.63) is 63.7 Å². The number of allylic oxidation sites excluding steroid dienone is 1. The van der Waals surface area contributed by atoms with Crippen LogP contribution in [0.1, 0.15) is 11.1 Å². The van der Waals surface area contributed by atoms with Crippen molar-refractivity contribution in [3.63, 3.8) is 0 Å². The van der Waals surface area contributed by atoms with Crippen molar-refractivity contribution in [1.82, 2.24) is 0 Å². The van der Waals surface area contributed by atoms with Crippen molar-refractivity contribution in [2.45, 2.75) is 0 Å². The molecule has 0 saturated heterocycles. The largest absolute Gasteiger partial charge is 0.493 e. The second-order valence-electron chi connectivity index (χ2n) is 4.64. The normalized spacial score (nSPS) is 11.0. The molecule has 2 aromatic rings. The van der Waals surface area contributed by atoms with Gasteiger partial charge in [0, 0.05) is 17.7 Å². The molecule has 118 valence electrons. The number of nitro benzene ring substituents is 1. The van der Waals surface area contributed by atoms with Crippen molar-refractivity contribution in [3.8, 4) is 11.5 Å². The molecule has 23 heavy (non-hydrogen) atoms. The maximum Gasteiger partial charge on any atom is 0.269 e. The Balaban J connectivity index is 2.38. The minimum atomic E-state index is -0.484. The molecule has 0 aliphatic heterocycles. The van der Waals surface area contributed by atoms with Crippen LogP contribution in [0, 0.1) is 10.1 Å². The Kier molecular flexibility index (Phi) is 5.09. The maximum atomic E-state index is 11.3. The third kappa shape index (κ3) is 3.74. The van der Waals surface area contributed by atoms with E-state index < -0.39 is 4.92 Å². The van der Waals surface area contributed by atoms with E-state index >= 15 is 0 Å². The molecule has 0 spiro atoms. The number of nitrogens with zero attached hydrogens (tertiary/aromatic N) is 1. The summed E-state index contributed by atoms with van der Waals surface area (Å²) in [4.78, 5) is 21.5. The quantitative estimate of drug-likeness (QED) is 0.269. The number of hydrogen-bond donors (Lipinski definition) is 0. The van der Waals surface area contributed by atoms with Crippen LogP contribution in [0.25, 0.3) is 11.6 Å². The first-order chi connectivity index (χ1) is 11.1. The molecule has 0 aliphatic rings. The SMILES string of the molecule is COc1ccc(/C=C(/C=O)c2ccc([N+](=O)[O-])cc2)cc1OC. The van der Waals surface area contributed by atoms with Gasteiger partial charge in [-0.3, -0.25) is 14.9 Å². The van der Waals surface area contributed by atoms with Gasteiger partial charge in [-0.25, -0.2) is 0 Å². The molecule has 0 N–H and O–H groups in total. The van der Waals surface area contributed by atoms with Crippen LogP contribution in [-0.2, 0) is 4.79 Å². The highest BCUT2D eigenvalue weighted by Gasteiger charge is 2.08. The number of nitro groups is 1. The van der Waals surface area contributed by atoms with Gasteiger partial charge in [0.1, 0.15) is 0 Å². The highest BCUT2D eigenvalue weighted by Crippen LogP contribution is 2.29. The molecule has 2 aromatic carbocycles. The number of benzene rings is 2. The molecule has 0 radical (unpaired) electrons. The first-order valence-electron chi connectivity index (χ1n) is 6.72. The molecule has 0 saturated carbocycles. The number of carbonyl (C=O) groups is 1. The van der Waals surface area contributed by atoms with Crippen LogP contribution in [0.3, 0.4) is 0 Å². The van der Waals surface area contributed by atoms with Gasteiger partial charge in [0.05, 0.1) is 19.1 Å². The number of carbonyl (C=O) groups excluding carboxylic acids is 1. The molecular formula is C17H15NO5. The first kappa shape index (κ1) is 16.2. The maximum absolute atomic E-state index is 11.3. The summed E-state index contributed by atoms with van der Waals surface area (Å²) in [5.41, 5.74) is 1.74. The Morgan fingerprint density at radius 2 is 1.70 bits per heavy atom. The van der Waals surface area contributed by atoms with E-state index in [2.05, 4.69) is 0 Å². The van der Waals surface area contributed by atoms with Gasteiger partial charge >= 0.3 is 0 Å². The van der Waals surface area contributed by atoms with Gasteiger partial charge in [0.25, 0.3) is 5.69 Å². The lowest BCUT2D eigenvalue weighted by molar-refractivity contribution is -0.384. The van der Waals surface area contributed by atoms with E-state index in [9.17, 15) is 14.9 Å². The number of aldehydes is 1. The molecule has 0 unspecified atom stereocenters. The van der Waals surface area contributed by atoms with E-state index in [1.54, 1.807) is 43.5 Å². The predicted molar refractivity (Wildman–Crippen MR) is 86.6 cm³/mol. The van der Waals surface area contributed by atoms with Gasteiger partial charge in [-0.2, -0.15) is 0 Å². The second-order valence-corrected chi connectivity index (χ2v) is 4.64. The zero-order chi connectivity index (χ0) is 16.8. The highest BCUT2D eigenvalue weighted by atomic mass is 16.6. The summed E-state index contributed by atoms with van der Waals surface area (Å²) in [7, 11) is 3.07. The molecule has 0 aromatic heterocycles. The van der Waals surface area contributed by atoms with Crippen LogP contribution >= 0.6 is 0 Å². The summed E-state index contributed by atoms with van der Waals surface area (Å²) < 4.78 is 10.4. The summed E-state index contributed by atoms with van der Waals surface area (Å²) in [6.07, 6.45) is 2.38. The number of methoxy groups -OCH3 is 2. The van der Waals surface area contributed by atoms with Gasteiger partial charge in [-0.1, -0.05) is 6.07 Å². The van der Waals surface area contributed by atoms with E-state index in [1.807, 2.05) is 0 Å². The van der Waals surface area contributed by atoms with Crippen molar-refractivity contribution in [2.75, 3.05) is 14.2 Å². The lowest BCUT2D eigenvalue weighted by Crippen LogP contribution is -1.92. The summed E-state index contributed by atoms with van der Waals surface area (Å²) in [6, 6.07) is 11.1. The van der Waals surface area contributed by atoms with E-state index in [1.165, 1.54) is 19.2 Å². The highest BCUT2D eigenvalue weighted by molar-refractivity contribution is 6.13. The molecule has 0 bridgehead atoms. The first-order valence-corrected chi connectivity index (χ1v) is 6.72. The second kappa shape index (κ2) is 7.22. The molecule has 0 heterocycles. The molecule has 0 amide bonds. The van der Waals surface area contributed by atoms with E-state index in [-0.39, 0.29) is 5.69 Å². The van der Waals surface area contributed by atoms with E-state index in [0.717, 1.165) is 5.56 Å². The van der Waals surface area contributed by atoms with Crippen molar-refractivity contribution < 1.29 is 19.2 Å². The third-order valence-electron chi connectivity index (χ3n) is 3.27. The van der Waals surface area contributed by atoms with Crippen molar-refractivity contribution >= 4 is 23.6 Å². The Morgan fingerprint density at radius 3 is 2.22 bits per heavy atom. The minimum Gasteiger partial charge on any atom is -0.493 e. The Morgan fingerprint density at radius 1 is 1.04 bits per heavy atom. The fraction of sp³-hybridized carbons (Fsp3) is 0.118. The number of rotatable bonds is 6. The smallest absolute Gasteiger partial charge is 0.269 e. The van der Waals surface area contributed by atoms with Crippen LogP contribution < -0.4 is 9.47 Å². The monoisotopic (exact) mass is 313 g/mol. The third-order valence-corrected chi connectivity index (χ3v) is 3.27. The Hall–Kier alpha value is -3.15. The Labute approximate surface area is 133 Å². The number of ether oxygens (including phenoxy) is 2. The lowest BCUT2D eigenvalue weighted by Gasteiger charge is -2.08. The summed E-state index contributed by atoms with van der Waals surface area (Å²) >= 11 is 0. The number of non-ortho nitro benzene ring substituents is 1. The molecule has 0 atom stereocenters. The average molecular weight is 313 g/mol. The van der Waals surface area contributed by atoms with Gasteiger partial charge in [0.15, 0.2) is 17.8 Å². The molecule has 6 nitrogen and oxygen atoms in total. The standard InChI is InChI=1S/C17H15NO5/c1-22-16-8-3-12(10-17(16)23-2)9-14(11-19)13-4-6-15(7-5-13)18(20)21/h3-11H,1-2H3/b14-9-. The minimum absolute atomic E-state index is 0.0230. The number of hydrogen-bond acceptors (Lipinski definition) is 5. The lowest BCUT2D eigenvalue weighted by atomic mass is 10.0. The van der Waals surface area contributed by atoms with Gasteiger partial charge in [0.2, 0.25) is 0 Å². The molecule has 0 fully saturated rings. The zero-order valence-corrected chi connectivity index (χ0v) is 12.7. The van der Waals surface area contributed by atoms with Crippen LogP contribution in [0.4, 0.5) is 5.69 Å². The van der Waals surface area contributed by atoms with Crippen LogP contribution in [-0.4, -0.2) is 25.4 Å². The van der Waals surface area contributed by atoms with Crippen LogP contribution in [0.2, 0.25) is 0 Å². The fourth-order valence-corrected chi connectivity index (χ4v) is 2.08. The summed E-state index contributed by atoms with van der Waals surface area (Å²) in [5, 5.41) is 10.7. The molecular weight excluding hydrogens is 298 g/mol. The van der Waals surface area contributed by atoms with Gasteiger partial charge in [-0.05, 0) is 41.5 Å². The van der Waals surface area contributed by atoms with Crippen LogP contribution in [0.5, 0.6) is 11.5 Å². The average Bonchev–Trinajstić information content (AvgIpc) is 2.59. The molecule has 2 rings (SSSR count). The Bertz CT molecular complexity index is 750. The van der Waals surface area contributed by atoms with Gasteiger partial charge < -0.3 is 9.47 Å². The van der Waals surface area contributed by atoms with Crippen molar-refractivity contribution in [1.29, 1.82) is 0 Å². The molecule has 6 heteroatoms. The molecule has 0 aliphatic carbocycles. The predicted octanol–water partition coefficient (Wildman–Crippen LogP) is 3.35. The van der Waals surface area contributed by atoms with Gasteiger partial charge in [-0.15, -0.1) is 0 Å². The van der Waals surface area contributed by atoms with E-state index in [0.29, 0.717) is 28.9 Å². The topological polar surface area (TPSA) is 78.7 Å². The fourth-order valence-electron chi connectivity index (χ4n) is 2.08. The zero-order valence-electron chi connectivity index (χ0n) is 12.7. The van der Waals surface area contributed by atoms with Crippen LogP contribution in [0.15, 0.2) is 42.5 Å².